The summed E-state index contributed by atoms with van der Waals surface area (Å²) in [7, 11) is 0. The SMILES string of the molecule is CC=CC=C1N=CC=CC1=NC=CCC. The molecule has 0 aromatic carbocycles. The van der Waals surface area contributed by atoms with Crippen LogP contribution >= 0.6 is 0 Å². The summed E-state index contributed by atoms with van der Waals surface area (Å²) in [6.07, 6.45) is 16.4. The Labute approximate surface area is 91.1 Å². The van der Waals surface area contributed by atoms with E-state index in [9.17, 15) is 0 Å². The van der Waals surface area contributed by atoms with Gasteiger partial charge in [0.15, 0.2) is 0 Å². The van der Waals surface area contributed by atoms with E-state index in [0.717, 1.165) is 17.8 Å². The topological polar surface area (TPSA) is 24.7 Å². The van der Waals surface area contributed by atoms with E-state index in [1.54, 1.807) is 6.21 Å². The summed E-state index contributed by atoms with van der Waals surface area (Å²) in [5, 5.41) is 0. The molecule has 0 unspecified atom stereocenters. The minimum atomic E-state index is 0.899. The van der Waals surface area contributed by atoms with E-state index in [4.69, 9.17) is 0 Å². The maximum Gasteiger partial charge on any atom is 0.0886 e. The second-order valence-corrected chi connectivity index (χ2v) is 3.02. The lowest BCUT2D eigenvalue weighted by atomic mass is 10.2. The van der Waals surface area contributed by atoms with Gasteiger partial charge < -0.3 is 0 Å². The fourth-order valence-electron chi connectivity index (χ4n) is 1.07. The van der Waals surface area contributed by atoms with Crippen LogP contribution in [0.1, 0.15) is 20.3 Å². The molecule has 0 N–H and O–H groups in total. The zero-order chi connectivity index (χ0) is 10.9. The van der Waals surface area contributed by atoms with Crippen LogP contribution in [-0.2, 0) is 0 Å². The van der Waals surface area contributed by atoms with Crippen LogP contribution < -0.4 is 0 Å². The molecule has 1 aliphatic rings. The van der Waals surface area contributed by atoms with Crippen LogP contribution in [0.2, 0.25) is 0 Å². The van der Waals surface area contributed by atoms with Gasteiger partial charge in [0.2, 0.25) is 0 Å². The highest BCUT2D eigenvalue weighted by Crippen LogP contribution is 2.07. The van der Waals surface area contributed by atoms with Crippen molar-refractivity contribution in [3.63, 3.8) is 0 Å². The third-order valence-electron chi connectivity index (χ3n) is 1.82. The molecule has 1 rings (SSSR count). The van der Waals surface area contributed by atoms with Gasteiger partial charge in [-0.25, -0.2) is 0 Å². The number of aliphatic imine (C=N–C) groups is 2. The monoisotopic (exact) mass is 200 g/mol. The van der Waals surface area contributed by atoms with E-state index in [1.165, 1.54) is 0 Å². The molecule has 0 amide bonds. The Morgan fingerprint density at radius 3 is 3.07 bits per heavy atom. The minimum Gasteiger partial charge on any atom is -0.255 e. The maximum absolute atomic E-state index is 4.34. The third kappa shape index (κ3) is 3.90. The molecule has 2 heteroatoms. The molecule has 0 fully saturated rings. The first-order valence-electron chi connectivity index (χ1n) is 5.15. The Bertz CT molecular complexity index is 366. The summed E-state index contributed by atoms with van der Waals surface area (Å²) in [4.78, 5) is 8.60. The molecule has 0 atom stereocenters. The first-order valence-corrected chi connectivity index (χ1v) is 5.15. The predicted octanol–water partition coefficient (Wildman–Crippen LogP) is 3.45. The molecule has 0 spiro atoms. The Morgan fingerprint density at radius 1 is 1.47 bits per heavy atom. The van der Waals surface area contributed by atoms with Crippen molar-refractivity contribution in [1.29, 1.82) is 0 Å². The highest BCUT2D eigenvalue weighted by atomic mass is 14.8. The summed E-state index contributed by atoms with van der Waals surface area (Å²) in [5.74, 6) is 0. The molecule has 15 heavy (non-hydrogen) atoms. The van der Waals surface area contributed by atoms with Gasteiger partial charge in [0, 0.05) is 12.4 Å². The predicted molar refractivity (Wildman–Crippen MR) is 67.4 cm³/mol. The molecular weight excluding hydrogens is 184 g/mol. The summed E-state index contributed by atoms with van der Waals surface area (Å²) in [6.45, 7) is 4.06. The van der Waals surface area contributed by atoms with Gasteiger partial charge in [0.1, 0.15) is 0 Å². The lowest BCUT2D eigenvalue weighted by Crippen LogP contribution is -2.00. The van der Waals surface area contributed by atoms with Gasteiger partial charge in [-0.3, -0.25) is 9.98 Å². The van der Waals surface area contributed by atoms with Gasteiger partial charge in [0.05, 0.1) is 11.4 Å². The molecule has 0 aliphatic carbocycles. The highest BCUT2D eigenvalue weighted by Gasteiger charge is 2.02. The van der Waals surface area contributed by atoms with Crippen molar-refractivity contribution in [2.75, 3.05) is 0 Å². The minimum absolute atomic E-state index is 0.899. The normalized spacial score (nSPS) is 21.5. The fourth-order valence-corrected chi connectivity index (χ4v) is 1.07. The number of dihydropyridines is 1. The van der Waals surface area contributed by atoms with Gasteiger partial charge in [-0.05, 0) is 31.6 Å². The molecule has 0 saturated carbocycles. The first kappa shape index (κ1) is 11.4. The molecule has 0 radical (unpaired) electrons. The van der Waals surface area contributed by atoms with Crippen molar-refractivity contribution in [3.05, 3.63) is 48.4 Å². The molecule has 0 aromatic rings. The molecular formula is C13H16N2. The molecule has 2 nitrogen and oxygen atoms in total. The molecule has 1 aliphatic heterocycles. The number of nitrogens with zero attached hydrogens (tertiary/aromatic N) is 2. The van der Waals surface area contributed by atoms with E-state index in [-0.39, 0.29) is 0 Å². The highest BCUT2D eigenvalue weighted by molar-refractivity contribution is 6.13. The van der Waals surface area contributed by atoms with E-state index in [1.807, 2.05) is 49.6 Å². The van der Waals surface area contributed by atoms with Gasteiger partial charge in [0.25, 0.3) is 0 Å². The lowest BCUT2D eigenvalue weighted by molar-refractivity contribution is 1.21. The van der Waals surface area contributed by atoms with Crippen molar-refractivity contribution in [2.24, 2.45) is 9.98 Å². The van der Waals surface area contributed by atoms with Crippen molar-refractivity contribution in [1.82, 2.24) is 0 Å². The largest absolute Gasteiger partial charge is 0.255 e. The maximum atomic E-state index is 4.34. The van der Waals surface area contributed by atoms with Gasteiger partial charge in [-0.15, -0.1) is 0 Å². The van der Waals surface area contributed by atoms with Gasteiger partial charge in [-0.2, -0.15) is 0 Å². The molecule has 0 saturated heterocycles. The van der Waals surface area contributed by atoms with Crippen molar-refractivity contribution < 1.29 is 0 Å². The zero-order valence-electron chi connectivity index (χ0n) is 9.22. The van der Waals surface area contributed by atoms with Crippen LogP contribution in [0.3, 0.4) is 0 Å². The summed E-state index contributed by atoms with van der Waals surface area (Å²) in [6, 6.07) is 0. The molecule has 78 valence electrons. The second-order valence-electron chi connectivity index (χ2n) is 3.02. The van der Waals surface area contributed by atoms with Crippen molar-refractivity contribution >= 4 is 11.9 Å². The average Bonchev–Trinajstić information content (AvgIpc) is 2.28. The summed E-state index contributed by atoms with van der Waals surface area (Å²) >= 11 is 0. The first-order chi connectivity index (χ1) is 7.38. The Balaban J connectivity index is 2.85. The van der Waals surface area contributed by atoms with E-state index in [0.29, 0.717) is 0 Å². The fraction of sp³-hybridized carbons (Fsp3) is 0.231. The third-order valence-corrected chi connectivity index (χ3v) is 1.82. The van der Waals surface area contributed by atoms with Gasteiger partial charge in [-0.1, -0.05) is 25.2 Å². The van der Waals surface area contributed by atoms with E-state index in [2.05, 4.69) is 16.9 Å². The Hall–Kier alpha value is -1.70. The van der Waals surface area contributed by atoms with Crippen LogP contribution in [0.5, 0.6) is 0 Å². The number of hydrogen-bond donors (Lipinski definition) is 0. The van der Waals surface area contributed by atoms with Crippen LogP contribution in [0.15, 0.2) is 58.3 Å². The molecule has 0 bridgehead atoms. The van der Waals surface area contributed by atoms with Gasteiger partial charge >= 0.3 is 0 Å². The van der Waals surface area contributed by atoms with Crippen LogP contribution in [-0.4, -0.2) is 11.9 Å². The number of rotatable bonds is 3. The van der Waals surface area contributed by atoms with Crippen molar-refractivity contribution in [3.8, 4) is 0 Å². The van der Waals surface area contributed by atoms with E-state index >= 15 is 0 Å². The summed E-state index contributed by atoms with van der Waals surface area (Å²) in [5.41, 5.74) is 1.80. The van der Waals surface area contributed by atoms with Crippen molar-refractivity contribution in [2.45, 2.75) is 20.3 Å². The number of allylic oxidation sites excluding steroid dienone is 6. The summed E-state index contributed by atoms with van der Waals surface area (Å²) < 4.78 is 0. The molecule has 1 heterocycles. The van der Waals surface area contributed by atoms with Crippen LogP contribution in [0.4, 0.5) is 0 Å². The quantitative estimate of drug-likeness (QED) is 0.666. The molecule has 0 aromatic heterocycles. The standard InChI is InChI=1S/C13H16N2/c1-3-5-8-12-13(9-7-11-15-12)14-10-6-4-2/h3,5-11H,4H2,1-2H3. The zero-order valence-corrected chi connectivity index (χ0v) is 9.22. The van der Waals surface area contributed by atoms with E-state index < -0.39 is 0 Å². The van der Waals surface area contributed by atoms with Crippen LogP contribution in [0, 0.1) is 0 Å². The Morgan fingerprint density at radius 2 is 2.33 bits per heavy atom. The lowest BCUT2D eigenvalue weighted by Gasteiger charge is -2.03. The Kier molecular flexibility index (Phi) is 5.09. The second kappa shape index (κ2) is 6.71. The smallest absolute Gasteiger partial charge is 0.0886 e. The average molecular weight is 200 g/mol. The van der Waals surface area contributed by atoms with Crippen LogP contribution in [0.25, 0.3) is 0 Å². The number of hydrogen-bond acceptors (Lipinski definition) is 2.